The van der Waals surface area contributed by atoms with Crippen molar-refractivity contribution in [2.24, 2.45) is 0 Å². The molecule has 1 saturated heterocycles. The lowest BCUT2D eigenvalue weighted by Crippen LogP contribution is -2.51. The highest BCUT2D eigenvalue weighted by atomic mass is 16.3. The number of hydrogen-bond acceptors (Lipinski definition) is 3. The summed E-state index contributed by atoms with van der Waals surface area (Å²) in [4.78, 5) is 14.0. The number of rotatable bonds is 2. The maximum atomic E-state index is 12.1. The predicted molar refractivity (Wildman–Crippen MR) is 70.6 cm³/mol. The standard InChI is InChI=1S/C14H20N2O2/c1-10-3-4-12(7-13(10)17)8-14(18)16-6-5-15-11(2)9-16/h3-4,7,11,15,17H,5-6,8-9H2,1-2H3/t11-/m1/s1. The van der Waals surface area contributed by atoms with Crippen molar-refractivity contribution >= 4 is 5.91 Å². The molecule has 0 spiro atoms. The fraction of sp³-hybridized carbons (Fsp3) is 0.500. The van der Waals surface area contributed by atoms with Crippen LogP contribution in [0.15, 0.2) is 18.2 Å². The Morgan fingerprint density at radius 3 is 3.00 bits per heavy atom. The summed E-state index contributed by atoms with van der Waals surface area (Å²) >= 11 is 0. The molecule has 1 aliphatic rings. The molecule has 1 aliphatic heterocycles. The van der Waals surface area contributed by atoms with Crippen LogP contribution in [0, 0.1) is 6.92 Å². The zero-order valence-corrected chi connectivity index (χ0v) is 10.9. The number of amides is 1. The van der Waals surface area contributed by atoms with E-state index in [2.05, 4.69) is 12.2 Å². The van der Waals surface area contributed by atoms with Crippen LogP contribution in [0.2, 0.25) is 0 Å². The topological polar surface area (TPSA) is 52.6 Å². The highest BCUT2D eigenvalue weighted by molar-refractivity contribution is 5.79. The maximum absolute atomic E-state index is 12.1. The first-order valence-corrected chi connectivity index (χ1v) is 6.36. The van der Waals surface area contributed by atoms with E-state index in [0.717, 1.165) is 30.8 Å². The van der Waals surface area contributed by atoms with Crippen LogP contribution in [0.5, 0.6) is 5.75 Å². The summed E-state index contributed by atoms with van der Waals surface area (Å²) in [6.07, 6.45) is 0.362. The summed E-state index contributed by atoms with van der Waals surface area (Å²) in [7, 11) is 0. The van der Waals surface area contributed by atoms with Crippen LogP contribution in [0.25, 0.3) is 0 Å². The van der Waals surface area contributed by atoms with Crippen LogP contribution < -0.4 is 5.32 Å². The molecule has 4 heteroatoms. The van der Waals surface area contributed by atoms with E-state index in [9.17, 15) is 9.90 Å². The van der Waals surface area contributed by atoms with Gasteiger partial charge >= 0.3 is 0 Å². The van der Waals surface area contributed by atoms with Crippen molar-refractivity contribution in [3.05, 3.63) is 29.3 Å². The number of nitrogens with one attached hydrogen (secondary N) is 1. The molecular formula is C14H20N2O2. The van der Waals surface area contributed by atoms with Gasteiger partial charge in [0.05, 0.1) is 6.42 Å². The number of aryl methyl sites for hydroxylation is 1. The molecule has 0 unspecified atom stereocenters. The van der Waals surface area contributed by atoms with E-state index in [1.54, 1.807) is 6.07 Å². The van der Waals surface area contributed by atoms with E-state index in [-0.39, 0.29) is 11.7 Å². The molecule has 2 N–H and O–H groups in total. The van der Waals surface area contributed by atoms with Crippen molar-refractivity contribution in [1.29, 1.82) is 0 Å². The van der Waals surface area contributed by atoms with Gasteiger partial charge in [-0.15, -0.1) is 0 Å². The van der Waals surface area contributed by atoms with Gasteiger partial charge in [0.25, 0.3) is 0 Å². The Hall–Kier alpha value is -1.55. The number of carbonyl (C=O) groups excluding carboxylic acids is 1. The third-order valence-electron chi connectivity index (χ3n) is 3.35. The zero-order valence-electron chi connectivity index (χ0n) is 10.9. The van der Waals surface area contributed by atoms with Gasteiger partial charge in [0.1, 0.15) is 5.75 Å². The number of phenolic OH excluding ortho intramolecular Hbond substituents is 1. The molecule has 98 valence electrons. The molecule has 0 bridgehead atoms. The summed E-state index contributed by atoms with van der Waals surface area (Å²) in [6.45, 7) is 6.31. The summed E-state index contributed by atoms with van der Waals surface area (Å²) in [5.41, 5.74) is 1.70. The predicted octanol–water partition coefficient (Wildman–Crippen LogP) is 1.06. The van der Waals surface area contributed by atoms with Gasteiger partial charge in [0, 0.05) is 25.7 Å². The van der Waals surface area contributed by atoms with Crippen LogP contribution in [-0.2, 0) is 11.2 Å². The smallest absolute Gasteiger partial charge is 0.227 e. The fourth-order valence-electron chi connectivity index (χ4n) is 2.21. The number of piperazine rings is 1. The number of carbonyl (C=O) groups is 1. The maximum Gasteiger partial charge on any atom is 0.227 e. The molecule has 0 aliphatic carbocycles. The van der Waals surface area contributed by atoms with Gasteiger partial charge in [-0.25, -0.2) is 0 Å². The number of hydrogen-bond donors (Lipinski definition) is 2. The monoisotopic (exact) mass is 248 g/mol. The normalized spacial score (nSPS) is 19.9. The Kier molecular flexibility index (Phi) is 3.87. The Labute approximate surface area is 108 Å². The lowest BCUT2D eigenvalue weighted by molar-refractivity contribution is -0.131. The number of phenols is 1. The van der Waals surface area contributed by atoms with Crippen molar-refractivity contribution in [3.63, 3.8) is 0 Å². The molecule has 2 rings (SSSR count). The second-order valence-electron chi connectivity index (χ2n) is 4.99. The van der Waals surface area contributed by atoms with E-state index < -0.39 is 0 Å². The lowest BCUT2D eigenvalue weighted by Gasteiger charge is -2.32. The molecule has 18 heavy (non-hydrogen) atoms. The van der Waals surface area contributed by atoms with Gasteiger partial charge in [0.15, 0.2) is 0 Å². The van der Waals surface area contributed by atoms with Crippen molar-refractivity contribution in [2.75, 3.05) is 19.6 Å². The van der Waals surface area contributed by atoms with Gasteiger partial charge in [-0.3, -0.25) is 4.79 Å². The SMILES string of the molecule is Cc1ccc(CC(=O)N2CCN[C@H](C)C2)cc1O. The van der Waals surface area contributed by atoms with Crippen molar-refractivity contribution in [3.8, 4) is 5.75 Å². The molecule has 1 heterocycles. The van der Waals surface area contributed by atoms with Crippen molar-refractivity contribution in [2.45, 2.75) is 26.3 Å². The molecule has 1 fully saturated rings. The number of benzene rings is 1. The quantitative estimate of drug-likeness (QED) is 0.823. The van der Waals surface area contributed by atoms with Crippen LogP contribution in [0.1, 0.15) is 18.1 Å². The Morgan fingerprint density at radius 2 is 2.33 bits per heavy atom. The summed E-state index contributed by atoms with van der Waals surface area (Å²) < 4.78 is 0. The fourth-order valence-corrected chi connectivity index (χ4v) is 2.21. The zero-order chi connectivity index (χ0) is 13.1. The molecule has 1 atom stereocenters. The minimum atomic E-state index is 0.131. The molecule has 1 amide bonds. The van der Waals surface area contributed by atoms with E-state index >= 15 is 0 Å². The van der Waals surface area contributed by atoms with Gasteiger partial charge in [-0.1, -0.05) is 12.1 Å². The van der Waals surface area contributed by atoms with Crippen LogP contribution >= 0.6 is 0 Å². The molecular weight excluding hydrogens is 228 g/mol. The van der Waals surface area contributed by atoms with E-state index in [1.807, 2.05) is 24.0 Å². The average molecular weight is 248 g/mol. The molecule has 1 aromatic carbocycles. The first-order chi connectivity index (χ1) is 8.56. The van der Waals surface area contributed by atoms with E-state index in [0.29, 0.717) is 12.5 Å². The summed E-state index contributed by atoms with van der Waals surface area (Å²) in [5, 5.41) is 12.9. The van der Waals surface area contributed by atoms with E-state index in [4.69, 9.17) is 0 Å². The highest BCUT2D eigenvalue weighted by Gasteiger charge is 2.20. The first-order valence-electron chi connectivity index (χ1n) is 6.36. The van der Waals surface area contributed by atoms with Gasteiger partial charge in [0.2, 0.25) is 5.91 Å². The van der Waals surface area contributed by atoms with E-state index in [1.165, 1.54) is 0 Å². The van der Waals surface area contributed by atoms with Crippen LogP contribution in [0.3, 0.4) is 0 Å². The lowest BCUT2D eigenvalue weighted by atomic mass is 10.1. The summed E-state index contributed by atoms with van der Waals surface area (Å²) in [5.74, 6) is 0.389. The Bertz CT molecular complexity index is 445. The van der Waals surface area contributed by atoms with Crippen molar-refractivity contribution in [1.82, 2.24) is 10.2 Å². The minimum absolute atomic E-state index is 0.131. The van der Waals surface area contributed by atoms with Gasteiger partial charge in [-0.05, 0) is 31.0 Å². The summed E-state index contributed by atoms with van der Waals surface area (Å²) in [6, 6.07) is 5.78. The average Bonchev–Trinajstić information content (AvgIpc) is 2.34. The Morgan fingerprint density at radius 1 is 1.56 bits per heavy atom. The first kappa shape index (κ1) is 12.9. The van der Waals surface area contributed by atoms with Crippen LogP contribution in [-0.4, -0.2) is 41.6 Å². The number of nitrogens with zero attached hydrogens (tertiary/aromatic N) is 1. The van der Waals surface area contributed by atoms with Crippen LogP contribution in [0.4, 0.5) is 0 Å². The second kappa shape index (κ2) is 5.40. The highest BCUT2D eigenvalue weighted by Crippen LogP contribution is 2.18. The van der Waals surface area contributed by atoms with Gasteiger partial charge in [-0.2, -0.15) is 0 Å². The Balaban J connectivity index is 2.00. The third kappa shape index (κ3) is 3.01. The molecule has 0 aromatic heterocycles. The largest absolute Gasteiger partial charge is 0.508 e. The molecule has 0 radical (unpaired) electrons. The molecule has 0 saturated carbocycles. The third-order valence-corrected chi connectivity index (χ3v) is 3.35. The second-order valence-corrected chi connectivity index (χ2v) is 4.99. The molecule has 4 nitrogen and oxygen atoms in total. The van der Waals surface area contributed by atoms with Gasteiger partial charge < -0.3 is 15.3 Å². The number of aromatic hydroxyl groups is 1. The van der Waals surface area contributed by atoms with Crippen molar-refractivity contribution < 1.29 is 9.90 Å². The minimum Gasteiger partial charge on any atom is -0.508 e. The molecule has 1 aromatic rings.